The van der Waals surface area contributed by atoms with Gasteiger partial charge in [-0.05, 0) is 13.8 Å². The van der Waals surface area contributed by atoms with Crippen molar-refractivity contribution in [2.75, 3.05) is 26.2 Å². The molecule has 3 nitrogen and oxygen atoms in total. The van der Waals surface area contributed by atoms with Gasteiger partial charge in [-0.2, -0.15) is 0 Å². The molecule has 0 saturated carbocycles. The summed E-state index contributed by atoms with van der Waals surface area (Å²) >= 11 is 0. The molecular weight excluding hydrogens is 200 g/mol. The fourth-order valence-corrected chi connectivity index (χ4v) is 2.29. The Morgan fingerprint density at radius 1 is 1.25 bits per heavy atom. The van der Waals surface area contributed by atoms with Crippen LogP contribution in [-0.4, -0.2) is 59.3 Å². The van der Waals surface area contributed by atoms with Gasteiger partial charge in [-0.1, -0.05) is 11.8 Å². The highest BCUT2D eigenvalue weighted by atomic mass is 16.3. The molecule has 0 aromatic rings. The number of aliphatic hydroxyl groups excluding tert-OH is 1. The summed E-state index contributed by atoms with van der Waals surface area (Å²) in [5.41, 5.74) is 0. The van der Waals surface area contributed by atoms with E-state index in [1.165, 1.54) is 0 Å². The van der Waals surface area contributed by atoms with Gasteiger partial charge in [0.2, 0.25) is 0 Å². The molecule has 1 aliphatic heterocycles. The smallest absolute Gasteiger partial charge is 0.0853 e. The van der Waals surface area contributed by atoms with Crippen molar-refractivity contribution in [3.63, 3.8) is 0 Å². The van der Waals surface area contributed by atoms with Crippen molar-refractivity contribution in [1.29, 1.82) is 0 Å². The number of piperazine rings is 1. The summed E-state index contributed by atoms with van der Waals surface area (Å²) < 4.78 is 0. The molecule has 88 valence electrons. The van der Waals surface area contributed by atoms with E-state index in [-0.39, 0.29) is 18.7 Å². The standard InChI is InChI=1S/C13H20N2O/c1-5-12-9-14(7-8-16)10-13(6-2)15(12)11(3)4/h1-2,11-13,16H,7-10H2,3-4H3. The average Bonchev–Trinajstić information content (AvgIpc) is 2.27. The Kier molecular flexibility index (Phi) is 4.83. The molecule has 1 N–H and O–H groups in total. The van der Waals surface area contributed by atoms with Crippen LogP contribution in [0.2, 0.25) is 0 Å². The lowest BCUT2D eigenvalue weighted by Gasteiger charge is -2.45. The van der Waals surface area contributed by atoms with E-state index in [4.69, 9.17) is 18.0 Å². The summed E-state index contributed by atoms with van der Waals surface area (Å²) in [7, 11) is 0. The molecular formula is C13H20N2O. The third-order valence-corrected chi connectivity index (χ3v) is 2.98. The van der Waals surface area contributed by atoms with Crippen molar-refractivity contribution in [3.05, 3.63) is 0 Å². The van der Waals surface area contributed by atoms with Crippen LogP contribution < -0.4 is 0 Å². The molecule has 0 radical (unpaired) electrons. The van der Waals surface area contributed by atoms with E-state index in [0.29, 0.717) is 12.6 Å². The maximum atomic E-state index is 8.95. The third kappa shape index (κ3) is 2.77. The van der Waals surface area contributed by atoms with Crippen molar-refractivity contribution < 1.29 is 5.11 Å². The predicted octanol–water partition coefficient (Wildman–Crippen LogP) is 0.00830. The van der Waals surface area contributed by atoms with Crippen molar-refractivity contribution in [3.8, 4) is 24.7 Å². The van der Waals surface area contributed by atoms with E-state index in [1.807, 2.05) is 0 Å². The van der Waals surface area contributed by atoms with Gasteiger partial charge >= 0.3 is 0 Å². The quantitative estimate of drug-likeness (QED) is 0.679. The molecule has 3 heteroatoms. The Balaban J connectivity index is 2.80. The molecule has 2 atom stereocenters. The van der Waals surface area contributed by atoms with Crippen molar-refractivity contribution in [2.24, 2.45) is 0 Å². The van der Waals surface area contributed by atoms with Crippen LogP contribution >= 0.6 is 0 Å². The van der Waals surface area contributed by atoms with E-state index in [9.17, 15) is 0 Å². The van der Waals surface area contributed by atoms with Crippen molar-refractivity contribution in [1.82, 2.24) is 9.80 Å². The van der Waals surface area contributed by atoms with E-state index in [0.717, 1.165) is 13.1 Å². The largest absolute Gasteiger partial charge is 0.395 e. The molecule has 1 fully saturated rings. The van der Waals surface area contributed by atoms with Crippen LogP contribution in [0.15, 0.2) is 0 Å². The Bertz CT molecular complexity index is 276. The lowest BCUT2D eigenvalue weighted by Crippen LogP contribution is -2.60. The monoisotopic (exact) mass is 220 g/mol. The zero-order valence-electron chi connectivity index (χ0n) is 10.1. The van der Waals surface area contributed by atoms with Gasteiger partial charge in [0.15, 0.2) is 0 Å². The van der Waals surface area contributed by atoms with E-state index in [1.54, 1.807) is 0 Å². The van der Waals surface area contributed by atoms with Gasteiger partial charge in [-0.3, -0.25) is 9.80 Å². The molecule has 0 aromatic carbocycles. The number of nitrogens with zero attached hydrogens (tertiary/aromatic N) is 2. The van der Waals surface area contributed by atoms with Crippen LogP contribution in [0, 0.1) is 24.7 Å². The van der Waals surface area contributed by atoms with E-state index < -0.39 is 0 Å². The lowest BCUT2D eigenvalue weighted by atomic mass is 10.0. The summed E-state index contributed by atoms with van der Waals surface area (Å²) in [6, 6.07) is 0.432. The summed E-state index contributed by atoms with van der Waals surface area (Å²) in [4.78, 5) is 4.34. The maximum Gasteiger partial charge on any atom is 0.0853 e. The minimum Gasteiger partial charge on any atom is -0.395 e. The summed E-state index contributed by atoms with van der Waals surface area (Å²) in [6.45, 7) is 6.58. The predicted molar refractivity (Wildman–Crippen MR) is 65.7 cm³/mol. The van der Waals surface area contributed by atoms with Gasteiger partial charge in [0, 0.05) is 25.7 Å². The first-order chi connectivity index (χ1) is 7.63. The van der Waals surface area contributed by atoms with Crippen LogP contribution in [0.25, 0.3) is 0 Å². The topological polar surface area (TPSA) is 26.7 Å². The Morgan fingerprint density at radius 3 is 2.06 bits per heavy atom. The summed E-state index contributed by atoms with van der Waals surface area (Å²) in [5, 5.41) is 8.95. The van der Waals surface area contributed by atoms with Crippen LogP contribution in [0.4, 0.5) is 0 Å². The molecule has 1 aliphatic rings. The normalized spacial score (nSPS) is 27.6. The van der Waals surface area contributed by atoms with Gasteiger partial charge < -0.3 is 5.11 Å². The minimum absolute atomic E-state index is 0.0429. The van der Waals surface area contributed by atoms with Gasteiger partial charge in [0.1, 0.15) is 0 Å². The minimum atomic E-state index is 0.0429. The molecule has 2 unspecified atom stereocenters. The van der Waals surface area contributed by atoms with Gasteiger partial charge in [0.25, 0.3) is 0 Å². The number of β-amino-alcohol motifs (C(OH)–C–C–N with tert-alkyl or cyclic N) is 1. The fourth-order valence-electron chi connectivity index (χ4n) is 2.29. The maximum absolute atomic E-state index is 8.95. The van der Waals surface area contributed by atoms with Crippen LogP contribution in [0.3, 0.4) is 0 Å². The highest BCUT2D eigenvalue weighted by Crippen LogP contribution is 2.18. The molecule has 0 amide bonds. The molecule has 0 spiro atoms. The summed E-state index contributed by atoms with van der Waals surface area (Å²) in [5.74, 6) is 5.59. The van der Waals surface area contributed by atoms with Crippen molar-refractivity contribution >= 4 is 0 Å². The molecule has 1 saturated heterocycles. The summed E-state index contributed by atoms with van der Waals surface area (Å²) in [6.07, 6.45) is 11.1. The Labute approximate surface area is 98.4 Å². The number of terminal acetylenes is 2. The second-order valence-electron chi connectivity index (χ2n) is 4.39. The number of hydrogen-bond donors (Lipinski definition) is 1. The molecule has 1 rings (SSSR count). The van der Waals surface area contributed by atoms with Gasteiger partial charge in [-0.25, -0.2) is 0 Å². The third-order valence-electron chi connectivity index (χ3n) is 2.98. The van der Waals surface area contributed by atoms with Crippen LogP contribution in [-0.2, 0) is 0 Å². The lowest BCUT2D eigenvalue weighted by molar-refractivity contribution is 0.0409. The zero-order chi connectivity index (χ0) is 12.1. The highest BCUT2D eigenvalue weighted by Gasteiger charge is 2.33. The first-order valence-electron chi connectivity index (χ1n) is 5.67. The Morgan fingerprint density at radius 2 is 1.75 bits per heavy atom. The number of rotatable bonds is 3. The number of aliphatic hydroxyl groups is 1. The Hall–Kier alpha value is -1.00. The number of hydrogen-bond acceptors (Lipinski definition) is 3. The molecule has 1 heterocycles. The van der Waals surface area contributed by atoms with Gasteiger partial charge in [0.05, 0.1) is 18.7 Å². The fraction of sp³-hybridized carbons (Fsp3) is 0.692. The first kappa shape index (κ1) is 13.1. The second-order valence-corrected chi connectivity index (χ2v) is 4.39. The van der Waals surface area contributed by atoms with Crippen LogP contribution in [0.5, 0.6) is 0 Å². The molecule has 16 heavy (non-hydrogen) atoms. The van der Waals surface area contributed by atoms with Crippen LogP contribution in [0.1, 0.15) is 13.8 Å². The highest BCUT2D eigenvalue weighted by molar-refractivity contribution is 5.13. The molecule has 0 bridgehead atoms. The molecule has 0 aliphatic carbocycles. The van der Waals surface area contributed by atoms with Crippen molar-refractivity contribution in [2.45, 2.75) is 32.0 Å². The average molecular weight is 220 g/mol. The SMILES string of the molecule is C#CC1CN(CCO)CC(C#C)N1C(C)C. The first-order valence-corrected chi connectivity index (χ1v) is 5.67. The molecule has 0 aromatic heterocycles. The van der Waals surface area contributed by atoms with Gasteiger partial charge in [-0.15, -0.1) is 12.8 Å². The van der Waals surface area contributed by atoms with E-state index >= 15 is 0 Å². The zero-order valence-corrected chi connectivity index (χ0v) is 10.1. The van der Waals surface area contributed by atoms with E-state index in [2.05, 4.69) is 35.5 Å². The second kappa shape index (κ2) is 5.92.